The molecule has 82 valence electrons. The molecule has 1 unspecified atom stereocenters. The molecule has 2 rings (SSSR count). The largest absolute Gasteiger partial charge is 0.314 e. The highest BCUT2D eigenvalue weighted by molar-refractivity contribution is 5.36. The highest BCUT2D eigenvalue weighted by atomic mass is 14.9. The molecule has 1 aromatic rings. The van der Waals surface area contributed by atoms with Crippen molar-refractivity contribution in [2.45, 2.75) is 46.1 Å². The molecule has 0 aliphatic carbocycles. The molecule has 1 aliphatic rings. The fraction of sp³-hybridized carbons (Fsp3) is 0.571. The van der Waals surface area contributed by atoms with Gasteiger partial charge in [0.05, 0.1) is 0 Å². The molecule has 0 saturated carbocycles. The van der Waals surface area contributed by atoms with Crippen LogP contribution < -0.4 is 5.32 Å². The van der Waals surface area contributed by atoms with E-state index < -0.39 is 0 Å². The zero-order chi connectivity index (χ0) is 10.8. The maximum atomic E-state index is 3.57. The van der Waals surface area contributed by atoms with Crippen molar-refractivity contribution >= 4 is 0 Å². The van der Waals surface area contributed by atoms with Crippen LogP contribution >= 0.6 is 0 Å². The summed E-state index contributed by atoms with van der Waals surface area (Å²) in [7, 11) is 0. The van der Waals surface area contributed by atoms with Crippen LogP contribution in [0, 0.1) is 20.8 Å². The normalized spacial score (nSPS) is 20.9. The second-order valence-corrected chi connectivity index (χ2v) is 4.86. The lowest BCUT2D eigenvalue weighted by Gasteiger charge is -2.14. The molecule has 1 heteroatoms. The average Bonchev–Trinajstić information content (AvgIpc) is 2.67. The zero-order valence-corrected chi connectivity index (χ0v) is 10.1. The SMILES string of the molecule is Cc1cc(C)c(CC2CCCN2)cc1C. The van der Waals surface area contributed by atoms with Gasteiger partial charge in [0.25, 0.3) is 0 Å². The highest BCUT2D eigenvalue weighted by Gasteiger charge is 2.15. The van der Waals surface area contributed by atoms with Crippen molar-refractivity contribution in [2.75, 3.05) is 6.54 Å². The van der Waals surface area contributed by atoms with E-state index in [1.54, 1.807) is 0 Å². The third kappa shape index (κ3) is 2.40. The number of benzene rings is 1. The van der Waals surface area contributed by atoms with E-state index in [-0.39, 0.29) is 0 Å². The monoisotopic (exact) mass is 203 g/mol. The standard InChI is InChI=1S/C14H21N/c1-10-7-12(3)13(8-11(10)2)9-14-5-4-6-15-14/h7-8,14-15H,4-6,9H2,1-3H3. The van der Waals surface area contributed by atoms with Crippen molar-refractivity contribution in [3.8, 4) is 0 Å². The Morgan fingerprint density at radius 3 is 2.53 bits per heavy atom. The summed E-state index contributed by atoms with van der Waals surface area (Å²) in [6, 6.07) is 5.40. The third-order valence-corrected chi connectivity index (χ3v) is 3.58. The van der Waals surface area contributed by atoms with Crippen LogP contribution in [-0.4, -0.2) is 12.6 Å². The summed E-state index contributed by atoms with van der Waals surface area (Å²) in [6.07, 6.45) is 3.88. The van der Waals surface area contributed by atoms with Gasteiger partial charge in [0.1, 0.15) is 0 Å². The number of nitrogens with one attached hydrogen (secondary N) is 1. The molecular weight excluding hydrogens is 182 g/mol. The van der Waals surface area contributed by atoms with Crippen LogP contribution in [-0.2, 0) is 6.42 Å². The van der Waals surface area contributed by atoms with E-state index in [1.807, 2.05) is 0 Å². The second-order valence-electron chi connectivity index (χ2n) is 4.86. The molecule has 0 spiro atoms. The zero-order valence-electron chi connectivity index (χ0n) is 10.1. The molecule has 15 heavy (non-hydrogen) atoms. The summed E-state index contributed by atoms with van der Waals surface area (Å²) in [6.45, 7) is 7.84. The first-order chi connectivity index (χ1) is 7.16. The minimum atomic E-state index is 0.714. The van der Waals surface area contributed by atoms with E-state index in [0.717, 1.165) is 0 Å². The van der Waals surface area contributed by atoms with Gasteiger partial charge in [0, 0.05) is 6.04 Å². The predicted molar refractivity (Wildman–Crippen MR) is 65.4 cm³/mol. The first kappa shape index (κ1) is 10.7. The fourth-order valence-electron chi connectivity index (χ4n) is 2.44. The molecule has 1 nitrogen and oxygen atoms in total. The first-order valence-electron chi connectivity index (χ1n) is 5.97. The van der Waals surface area contributed by atoms with E-state index in [0.29, 0.717) is 6.04 Å². The lowest BCUT2D eigenvalue weighted by molar-refractivity contribution is 0.601. The number of rotatable bonds is 2. The Bertz CT molecular complexity index is 349. The van der Waals surface area contributed by atoms with E-state index in [4.69, 9.17) is 0 Å². The van der Waals surface area contributed by atoms with Crippen LogP contribution in [0.2, 0.25) is 0 Å². The fourth-order valence-corrected chi connectivity index (χ4v) is 2.44. The van der Waals surface area contributed by atoms with Gasteiger partial charge >= 0.3 is 0 Å². The van der Waals surface area contributed by atoms with Crippen molar-refractivity contribution < 1.29 is 0 Å². The van der Waals surface area contributed by atoms with Crippen LogP contribution in [0.1, 0.15) is 35.1 Å². The van der Waals surface area contributed by atoms with Crippen LogP contribution in [0.3, 0.4) is 0 Å². The van der Waals surface area contributed by atoms with Gasteiger partial charge in [0.2, 0.25) is 0 Å². The van der Waals surface area contributed by atoms with E-state index in [9.17, 15) is 0 Å². The van der Waals surface area contributed by atoms with Gasteiger partial charge in [-0.05, 0) is 68.8 Å². The van der Waals surface area contributed by atoms with Crippen LogP contribution in [0.4, 0.5) is 0 Å². The molecule has 1 atom stereocenters. The van der Waals surface area contributed by atoms with Crippen LogP contribution in [0.15, 0.2) is 12.1 Å². The van der Waals surface area contributed by atoms with Gasteiger partial charge in [-0.15, -0.1) is 0 Å². The van der Waals surface area contributed by atoms with Crippen molar-refractivity contribution in [1.29, 1.82) is 0 Å². The average molecular weight is 203 g/mol. The molecule has 1 N–H and O–H groups in total. The molecule has 1 fully saturated rings. The molecule has 1 aromatic carbocycles. The predicted octanol–water partition coefficient (Wildman–Crippen LogP) is 2.91. The Balaban J connectivity index is 2.16. The second kappa shape index (κ2) is 4.36. The summed E-state index contributed by atoms with van der Waals surface area (Å²) in [4.78, 5) is 0. The Kier molecular flexibility index (Phi) is 3.11. The topological polar surface area (TPSA) is 12.0 Å². The Hall–Kier alpha value is -0.820. The maximum absolute atomic E-state index is 3.57. The first-order valence-corrected chi connectivity index (χ1v) is 5.97. The molecule has 1 aliphatic heterocycles. The summed E-state index contributed by atoms with van der Waals surface area (Å²) in [5, 5.41) is 3.57. The van der Waals surface area contributed by atoms with Gasteiger partial charge in [-0.1, -0.05) is 12.1 Å². The third-order valence-electron chi connectivity index (χ3n) is 3.58. The van der Waals surface area contributed by atoms with Gasteiger partial charge in [-0.3, -0.25) is 0 Å². The highest BCUT2D eigenvalue weighted by Crippen LogP contribution is 2.19. The van der Waals surface area contributed by atoms with Crippen molar-refractivity contribution in [3.05, 3.63) is 34.4 Å². The van der Waals surface area contributed by atoms with E-state index in [2.05, 4.69) is 38.2 Å². The number of hydrogen-bond acceptors (Lipinski definition) is 1. The maximum Gasteiger partial charge on any atom is 0.0108 e. The van der Waals surface area contributed by atoms with Crippen molar-refractivity contribution in [1.82, 2.24) is 5.32 Å². The Labute approximate surface area is 92.9 Å². The summed E-state index contributed by atoms with van der Waals surface area (Å²) < 4.78 is 0. The number of hydrogen-bond donors (Lipinski definition) is 1. The molecule has 0 bridgehead atoms. The molecule has 1 saturated heterocycles. The minimum absolute atomic E-state index is 0.714. The van der Waals surface area contributed by atoms with Gasteiger partial charge < -0.3 is 5.32 Å². The molecule has 0 aromatic heterocycles. The Morgan fingerprint density at radius 1 is 1.13 bits per heavy atom. The summed E-state index contributed by atoms with van der Waals surface area (Å²) in [5.74, 6) is 0. The number of aryl methyl sites for hydroxylation is 3. The summed E-state index contributed by atoms with van der Waals surface area (Å²) >= 11 is 0. The molecule has 1 heterocycles. The van der Waals surface area contributed by atoms with Crippen molar-refractivity contribution in [2.24, 2.45) is 0 Å². The lowest BCUT2D eigenvalue weighted by atomic mass is 9.95. The van der Waals surface area contributed by atoms with Gasteiger partial charge in [-0.25, -0.2) is 0 Å². The van der Waals surface area contributed by atoms with Crippen LogP contribution in [0.5, 0.6) is 0 Å². The summed E-state index contributed by atoms with van der Waals surface area (Å²) in [5.41, 5.74) is 5.81. The van der Waals surface area contributed by atoms with Crippen LogP contribution in [0.25, 0.3) is 0 Å². The lowest BCUT2D eigenvalue weighted by Crippen LogP contribution is -2.24. The quantitative estimate of drug-likeness (QED) is 0.779. The van der Waals surface area contributed by atoms with Gasteiger partial charge in [-0.2, -0.15) is 0 Å². The molecular formula is C14H21N. The smallest absolute Gasteiger partial charge is 0.0108 e. The molecule has 0 radical (unpaired) electrons. The van der Waals surface area contributed by atoms with E-state index in [1.165, 1.54) is 48.1 Å². The van der Waals surface area contributed by atoms with Gasteiger partial charge in [0.15, 0.2) is 0 Å². The molecule has 0 amide bonds. The van der Waals surface area contributed by atoms with Crippen molar-refractivity contribution in [3.63, 3.8) is 0 Å². The van der Waals surface area contributed by atoms with E-state index >= 15 is 0 Å². The Morgan fingerprint density at radius 2 is 1.87 bits per heavy atom. The minimum Gasteiger partial charge on any atom is -0.314 e.